The molecule has 1 heterocycles. The first-order chi connectivity index (χ1) is 11.2. The molecule has 23 heavy (non-hydrogen) atoms. The van der Waals surface area contributed by atoms with Gasteiger partial charge in [0, 0.05) is 17.7 Å². The van der Waals surface area contributed by atoms with Crippen molar-refractivity contribution in [3.05, 3.63) is 48.0 Å². The number of hydrogen-bond donors (Lipinski definition) is 1. The average molecular weight is 311 g/mol. The lowest BCUT2D eigenvalue weighted by molar-refractivity contribution is 0.355. The number of benzene rings is 2. The Labute approximate surface area is 133 Å². The first-order valence-electron chi connectivity index (χ1n) is 7.10. The molecular formula is C17H17N3O3. The van der Waals surface area contributed by atoms with Crippen molar-refractivity contribution in [3.8, 4) is 34.3 Å². The fourth-order valence-electron chi connectivity index (χ4n) is 2.22. The third-order valence-electron chi connectivity index (χ3n) is 3.50. The Balaban J connectivity index is 1.92. The molecule has 0 saturated heterocycles. The fraction of sp³-hybridized carbons (Fsp3) is 0.176. The molecule has 0 aliphatic carbocycles. The monoisotopic (exact) mass is 311 g/mol. The van der Waals surface area contributed by atoms with Crippen LogP contribution in [0.25, 0.3) is 22.8 Å². The van der Waals surface area contributed by atoms with E-state index < -0.39 is 0 Å². The minimum atomic E-state index is 0.457. The molecule has 0 spiro atoms. The molecule has 0 unspecified atom stereocenters. The van der Waals surface area contributed by atoms with Gasteiger partial charge in [-0.2, -0.15) is 4.98 Å². The SMILES string of the molecule is COc1ccc(-c2noc(-c3ccc(CN)cc3)n2)cc1OC. The molecule has 2 N–H and O–H groups in total. The van der Waals surface area contributed by atoms with Crippen LogP contribution in [0.1, 0.15) is 5.56 Å². The highest BCUT2D eigenvalue weighted by Gasteiger charge is 2.13. The summed E-state index contributed by atoms with van der Waals surface area (Å²) in [7, 11) is 3.18. The van der Waals surface area contributed by atoms with Crippen LogP contribution < -0.4 is 15.2 Å². The predicted molar refractivity (Wildman–Crippen MR) is 86.2 cm³/mol. The summed E-state index contributed by atoms with van der Waals surface area (Å²) in [4.78, 5) is 4.43. The summed E-state index contributed by atoms with van der Waals surface area (Å²) < 4.78 is 15.9. The Hall–Kier alpha value is -2.86. The van der Waals surface area contributed by atoms with Crippen LogP contribution in [-0.2, 0) is 6.54 Å². The third kappa shape index (κ3) is 3.02. The highest BCUT2D eigenvalue weighted by molar-refractivity contribution is 5.63. The van der Waals surface area contributed by atoms with E-state index in [1.165, 1.54) is 0 Å². The van der Waals surface area contributed by atoms with Crippen LogP contribution in [-0.4, -0.2) is 24.4 Å². The summed E-state index contributed by atoms with van der Waals surface area (Å²) in [5, 5.41) is 4.03. The van der Waals surface area contributed by atoms with Gasteiger partial charge >= 0.3 is 0 Å². The second-order valence-corrected chi connectivity index (χ2v) is 4.89. The van der Waals surface area contributed by atoms with Gasteiger partial charge in [0.05, 0.1) is 14.2 Å². The van der Waals surface area contributed by atoms with Crippen molar-refractivity contribution in [2.75, 3.05) is 14.2 Å². The number of nitrogens with zero attached hydrogens (tertiary/aromatic N) is 2. The molecule has 0 fully saturated rings. The van der Waals surface area contributed by atoms with Gasteiger partial charge in [0.15, 0.2) is 11.5 Å². The Morgan fingerprint density at radius 2 is 1.65 bits per heavy atom. The van der Waals surface area contributed by atoms with Crippen molar-refractivity contribution < 1.29 is 14.0 Å². The van der Waals surface area contributed by atoms with E-state index >= 15 is 0 Å². The zero-order valence-electron chi connectivity index (χ0n) is 12.9. The van der Waals surface area contributed by atoms with E-state index in [1.807, 2.05) is 36.4 Å². The lowest BCUT2D eigenvalue weighted by Gasteiger charge is -2.07. The summed E-state index contributed by atoms with van der Waals surface area (Å²) in [6.45, 7) is 0.501. The molecule has 6 nitrogen and oxygen atoms in total. The molecule has 2 aromatic carbocycles. The van der Waals surface area contributed by atoms with Crippen molar-refractivity contribution in [1.82, 2.24) is 10.1 Å². The van der Waals surface area contributed by atoms with Gasteiger partial charge in [-0.15, -0.1) is 0 Å². The van der Waals surface area contributed by atoms with E-state index in [0.29, 0.717) is 29.8 Å². The summed E-state index contributed by atoms with van der Waals surface area (Å²) in [5.41, 5.74) is 8.28. The molecule has 3 aromatic rings. The molecule has 0 aliphatic heterocycles. The van der Waals surface area contributed by atoms with Crippen LogP contribution >= 0.6 is 0 Å². The highest BCUT2D eigenvalue weighted by Crippen LogP contribution is 2.32. The predicted octanol–water partition coefficient (Wildman–Crippen LogP) is 2.88. The second kappa shape index (κ2) is 6.50. The van der Waals surface area contributed by atoms with Crippen LogP contribution in [0, 0.1) is 0 Å². The number of hydrogen-bond acceptors (Lipinski definition) is 6. The zero-order valence-corrected chi connectivity index (χ0v) is 12.9. The molecular weight excluding hydrogens is 294 g/mol. The van der Waals surface area contributed by atoms with Crippen molar-refractivity contribution in [2.24, 2.45) is 5.73 Å². The van der Waals surface area contributed by atoms with Crippen LogP contribution in [0.5, 0.6) is 11.5 Å². The van der Waals surface area contributed by atoms with Crippen molar-refractivity contribution >= 4 is 0 Å². The minimum Gasteiger partial charge on any atom is -0.493 e. The van der Waals surface area contributed by atoms with Crippen LogP contribution in [0.3, 0.4) is 0 Å². The molecule has 1 aromatic heterocycles. The molecule has 3 rings (SSSR count). The number of nitrogens with two attached hydrogens (primary N) is 1. The minimum absolute atomic E-state index is 0.457. The normalized spacial score (nSPS) is 10.6. The summed E-state index contributed by atoms with van der Waals surface area (Å²) in [6.07, 6.45) is 0. The molecule has 0 atom stereocenters. The largest absolute Gasteiger partial charge is 0.493 e. The first-order valence-corrected chi connectivity index (χ1v) is 7.10. The molecule has 118 valence electrons. The Bertz CT molecular complexity index is 797. The van der Waals surface area contributed by atoms with Gasteiger partial charge < -0.3 is 19.7 Å². The van der Waals surface area contributed by atoms with Gasteiger partial charge in [-0.3, -0.25) is 0 Å². The van der Waals surface area contributed by atoms with E-state index in [4.69, 9.17) is 19.7 Å². The average Bonchev–Trinajstić information content (AvgIpc) is 3.11. The Morgan fingerprint density at radius 3 is 2.30 bits per heavy atom. The Kier molecular flexibility index (Phi) is 4.25. The topological polar surface area (TPSA) is 83.4 Å². The van der Waals surface area contributed by atoms with Gasteiger partial charge in [-0.25, -0.2) is 0 Å². The van der Waals surface area contributed by atoms with Crippen molar-refractivity contribution in [2.45, 2.75) is 6.54 Å². The molecule has 0 radical (unpaired) electrons. The van der Waals surface area contributed by atoms with E-state index in [1.54, 1.807) is 20.3 Å². The standard InChI is InChI=1S/C17H17N3O3/c1-21-14-8-7-13(9-15(14)22-2)16-19-17(23-20-16)12-5-3-11(10-18)4-6-12/h3-9H,10,18H2,1-2H3. The van der Waals surface area contributed by atoms with Crippen LogP contribution in [0.2, 0.25) is 0 Å². The van der Waals surface area contributed by atoms with Crippen LogP contribution in [0.15, 0.2) is 47.0 Å². The van der Waals surface area contributed by atoms with Gasteiger partial charge in [0.25, 0.3) is 5.89 Å². The quantitative estimate of drug-likeness (QED) is 0.780. The molecule has 0 aliphatic rings. The fourth-order valence-corrected chi connectivity index (χ4v) is 2.22. The zero-order chi connectivity index (χ0) is 16.2. The number of rotatable bonds is 5. The maximum absolute atomic E-state index is 5.60. The lowest BCUT2D eigenvalue weighted by Crippen LogP contribution is -1.95. The van der Waals surface area contributed by atoms with Gasteiger partial charge in [-0.05, 0) is 35.9 Å². The van der Waals surface area contributed by atoms with E-state index in [-0.39, 0.29) is 0 Å². The molecule has 6 heteroatoms. The third-order valence-corrected chi connectivity index (χ3v) is 3.50. The van der Waals surface area contributed by atoms with Gasteiger partial charge in [0.1, 0.15) is 0 Å². The van der Waals surface area contributed by atoms with Crippen LogP contribution in [0.4, 0.5) is 0 Å². The maximum Gasteiger partial charge on any atom is 0.258 e. The highest BCUT2D eigenvalue weighted by atomic mass is 16.5. The molecule has 0 amide bonds. The number of methoxy groups -OCH3 is 2. The lowest BCUT2D eigenvalue weighted by atomic mass is 10.1. The van der Waals surface area contributed by atoms with Crippen molar-refractivity contribution in [1.29, 1.82) is 0 Å². The van der Waals surface area contributed by atoms with E-state index in [9.17, 15) is 0 Å². The second-order valence-electron chi connectivity index (χ2n) is 4.89. The van der Waals surface area contributed by atoms with Gasteiger partial charge in [-0.1, -0.05) is 17.3 Å². The summed E-state index contributed by atoms with van der Waals surface area (Å²) in [6, 6.07) is 13.2. The molecule has 0 saturated carbocycles. The first kappa shape index (κ1) is 15.1. The summed E-state index contributed by atoms with van der Waals surface area (Å²) in [5.74, 6) is 2.21. The van der Waals surface area contributed by atoms with Crippen molar-refractivity contribution in [3.63, 3.8) is 0 Å². The molecule has 0 bridgehead atoms. The maximum atomic E-state index is 5.60. The summed E-state index contributed by atoms with van der Waals surface area (Å²) >= 11 is 0. The van der Waals surface area contributed by atoms with E-state index in [2.05, 4.69) is 10.1 Å². The van der Waals surface area contributed by atoms with E-state index in [0.717, 1.165) is 16.7 Å². The smallest absolute Gasteiger partial charge is 0.258 e. The number of aromatic nitrogens is 2. The Morgan fingerprint density at radius 1 is 0.957 bits per heavy atom. The van der Waals surface area contributed by atoms with Gasteiger partial charge in [0.2, 0.25) is 5.82 Å². The number of ether oxygens (including phenoxy) is 2.